The molecule has 0 unspecified atom stereocenters. The molecule has 0 saturated carbocycles. The van der Waals surface area contributed by atoms with E-state index in [1.165, 1.54) is 23.0 Å². The second-order valence-corrected chi connectivity index (χ2v) is 13.6. The third kappa shape index (κ3) is 7.86. The van der Waals surface area contributed by atoms with Crippen molar-refractivity contribution in [3.63, 3.8) is 0 Å². The van der Waals surface area contributed by atoms with Gasteiger partial charge in [0.15, 0.2) is 34.4 Å². The summed E-state index contributed by atoms with van der Waals surface area (Å²) in [5.74, 6) is 0.488. The first-order valence-electron chi connectivity index (χ1n) is 16.8. The van der Waals surface area contributed by atoms with Crippen LogP contribution in [0.3, 0.4) is 0 Å². The van der Waals surface area contributed by atoms with Gasteiger partial charge in [0.05, 0.1) is 53.8 Å². The molecule has 1 aliphatic heterocycles. The lowest BCUT2D eigenvalue weighted by molar-refractivity contribution is -0.143. The van der Waals surface area contributed by atoms with Crippen molar-refractivity contribution < 1.29 is 38.0 Å². The van der Waals surface area contributed by atoms with E-state index in [-0.39, 0.29) is 24.3 Å². The molecule has 1 aliphatic rings. The maximum atomic E-state index is 14.3. The lowest BCUT2D eigenvalue weighted by atomic mass is 9.95. The van der Waals surface area contributed by atoms with Crippen molar-refractivity contribution in [2.24, 2.45) is 4.99 Å². The Kier molecular flexibility index (Phi) is 11.6. The lowest BCUT2D eigenvalue weighted by Gasteiger charge is -2.25. The predicted molar refractivity (Wildman–Crippen MR) is 204 cm³/mol. The fourth-order valence-electron chi connectivity index (χ4n) is 6.07. The smallest absolute Gasteiger partial charge is 0.343 e. The Morgan fingerprint density at radius 2 is 1.72 bits per heavy atom. The fraction of sp³-hybridized carbons (Fsp3) is 0.250. The molecule has 0 saturated heterocycles. The molecule has 0 radical (unpaired) electrons. The number of esters is 2. The van der Waals surface area contributed by atoms with Crippen LogP contribution in [0, 0.1) is 0 Å². The second-order valence-electron chi connectivity index (χ2n) is 11.8. The Morgan fingerprint density at radius 1 is 0.925 bits per heavy atom. The van der Waals surface area contributed by atoms with Crippen molar-refractivity contribution in [2.45, 2.75) is 33.4 Å². The highest BCUT2D eigenvalue weighted by Crippen LogP contribution is 2.39. The van der Waals surface area contributed by atoms with E-state index in [1.807, 2.05) is 37.3 Å². The van der Waals surface area contributed by atoms with Crippen molar-refractivity contribution in [1.82, 2.24) is 4.57 Å². The summed E-state index contributed by atoms with van der Waals surface area (Å²) in [4.78, 5) is 44.6. The van der Waals surface area contributed by atoms with Gasteiger partial charge in [0.1, 0.15) is 6.61 Å². The topological polar surface area (TPSA) is 124 Å². The summed E-state index contributed by atoms with van der Waals surface area (Å²) >= 11 is 4.85. The van der Waals surface area contributed by atoms with Crippen molar-refractivity contribution in [2.75, 3.05) is 34.0 Å². The molecule has 0 fully saturated rings. The van der Waals surface area contributed by atoms with Gasteiger partial charge in [-0.2, -0.15) is 0 Å². The molecular formula is C40H37BrN2O9S. The molecule has 0 N–H and O–H groups in total. The molecule has 4 aromatic carbocycles. The van der Waals surface area contributed by atoms with E-state index in [4.69, 9.17) is 28.4 Å². The Morgan fingerprint density at radius 3 is 2.47 bits per heavy atom. The number of rotatable bonds is 13. The number of ether oxygens (including phenoxy) is 6. The number of halogens is 1. The average Bonchev–Trinajstić information content (AvgIpc) is 3.46. The number of benzene rings is 4. The average molecular weight is 802 g/mol. The quantitative estimate of drug-likeness (QED) is 0.127. The summed E-state index contributed by atoms with van der Waals surface area (Å²) < 4.78 is 36.2. The molecule has 0 bridgehead atoms. The zero-order valence-electron chi connectivity index (χ0n) is 29.8. The first-order chi connectivity index (χ1) is 25.7. The number of aromatic nitrogens is 1. The number of allylic oxidation sites excluding steroid dienone is 1. The normalized spacial score (nSPS) is 14.0. The number of fused-ring (bicyclic) bond motifs is 2. The van der Waals surface area contributed by atoms with Crippen molar-refractivity contribution in [1.29, 1.82) is 0 Å². The van der Waals surface area contributed by atoms with Crippen LogP contribution >= 0.6 is 27.3 Å². The number of carbonyl (C=O) groups is 2. The van der Waals surface area contributed by atoms with Gasteiger partial charge in [-0.1, -0.05) is 59.9 Å². The highest BCUT2D eigenvalue weighted by atomic mass is 79.9. The summed E-state index contributed by atoms with van der Waals surface area (Å²) in [5, 5.41) is 2.23. The third-order valence-corrected chi connectivity index (χ3v) is 10.0. The molecule has 11 nitrogen and oxygen atoms in total. The van der Waals surface area contributed by atoms with Gasteiger partial charge in [-0.25, -0.2) is 14.6 Å². The Balaban J connectivity index is 1.40. The monoisotopic (exact) mass is 800 g/mol. The van der Waals surface area contributed by atoms with Crippen LogP contribution in [0.4, 0.5) is 0 Å². The van der Waals surface area contributed by atoms with Crippen molar-refractivity contribution in [3.8, 4) is 23.0 Å². The summed E-state index contributed by atoms with van der Waals surface area (Å²) in [6.45, 7) is 5.67. The number of methoxy groups -OCH3 is 2. The molecule has 0 aliphatic carbocycles. The third-order valence-electron chi connectivity index (χ3n) is 8.48. The molecule has 1 atom stereocenters. The van der Waals surface area contributed by atoms with Gasteiger partial charge in [-0.05, 0) is 94.5 Å². The Labute approximate surface area is 317 Å². The van der Waals surface area contributed by atoms with Crippen LogP contribution < -0.4 is 33.8 Å². The summed E-state index contributed by atoms with van der Waals surface area (Å²) in [6, 6.07) is 22.0. The molecular weight excluding hydrogens is 764 g/mol. The number of nitrogens with zero attached hydrogens (tertiary/aromatic N) is 2. The van der Waals surface area contributed by atoms with E-state index < -0.39 is 18.0 Å². The molecule has 2 heterocycles. The minimum Gasteiger partial charge on any atom is -0.493 e. The highest BCUT2D eigenvalue weighted by molar-refractivity contribution is 9.10. The van der Waals surface area contributed by atoms with Gasteiger partial charge < -0.3 is 28.4 Å². The van der Waals surface area contributed by atoms with Crippen molar-refractivity contribution >= 4 is 56.1 Å². The number of hydrogen-bond donors (Lipinski definition) is 0. The van der Waals surface area contributed by atoms with Crippen LogP contribution in [-0.4, -0.2) is 50.5 Å². The summed E-state index contributed by atoms with van der Waals surface area (Å²) in [7, 11) is 2.83. The molecule has 53 heavy (non-hydrogen) atoms. The van der Waals surface area contributed by atoms with Crippen LogP contribution in [0.5, 0.6) is 23.0 Å². The van der Waals surface area contributed by atoms with E-state index >= 15 is 0 Å². The SMILES string of the molecule is CCOC(=O)C1=C(C)N=c2s/c(=C/c3cc(Br)c(OCc4cccc5ccccc45)c(OC)c3)c(=O)n2[C@H]1c1ccc(OCC(=O)OC)c(OCC)c1. The van der Waals surface area contributed by atoms with E-state index in [0.717, 1.165) is 16.3 Å². The van der Waals surface area contributed by atoms with E-state index in [0.29, 0.717) is 66.8 Å². The minimum absolute atomic E-state index is 0.135. The van der Waals surface area contributed by atoms with Gasteiger partial charge in [-0.3, -0.25) is 9.36 Å². The number of hydrogen-bond acceptors (Lipinski definition) is 11. The Bertz CT molecular complexity index is 2410. The van der Waals surface area contributed by atoms with Crippen LogP contribution in [0.15, 0.2) is 98.3 Å². The molecule has 13 heteroatoms. The van der Waals surface area contributed by atoms with Gasteiger partial charge in [0, 0.05) is 0 Å². The lowest BCUT2D eigenvalue weighted by Crippen LogP contribution is -2.40. The van der Waals surface area contributed by atoms with Crippen molar-refractivity contribution in [3.05, 3.63) is 125 Å². The van der Waals surface area contributed by atoms with Crippen LogP contribution in [0.25, 0.3) is 16.8 Å². The second kappa shape index (κ2) is 16.5. The maximum absolute atomic E-state index is 14.3. The number of thiazole rings is 1. The zero-order valence-corrected chi connectivity index (χ0v) is 32.2. The highest BCUT2D eigenvalue weighted by Gasteiger charge is 2.34. The van der Waals surface area contributed by atoms with Gasteiger partial charge in [0.25, 0.3) is 5.56 Å². The van der Waals surface area contributed by atoms with Crippen LogP contribution in [0.2, 0.25) is 0 Å². The van der Waals surface area contributed by atoms with Crippen LogP contribution in [-0.2, 0) is 25.7 Å². The predicted octanol–water partition coefficient (Wildman–Crippen LogP) is 6.25. The van der Waals surface area contributed by atoms with Crippen LogP contribution in [0.1, 0.15) is 43.5 Å². The first-order valence-corrected chi connectivity index (χ1v) is 18.4. The molecule has 0 spiro atoms. The maximum Gasteiger partial charge on any atom is 0.343 e. The van der Waals surface area contributed by atoms with E-state index in [9.17, 15) is 14.4 Å². The molecule has 6 rings (SSSR count). The summed E-state index contributed by atoms with van der Waals surface area (Å²) in [5.41, 5.74) is 2.55. The van der Waals surface area contributed by atoms with Gasteiger partial charge in [-0.15, -0.1) is 0 Å². The molecule has 1 aromatic heterocycles. The standard InChI is InChI=1S/C40H37BrN2O9S/c1-6-49-31-20-26(15-16-30(31)51-22-34(44)48-5)36-35(39(46)50-7-2)23(3)42-40-43(36)38(45)33(53-40)19-24-17-29(41)37(32(18-24)47-4)52-21-27-13-10-12-25-11-8-9-14-28(25)27/h8-20,36H,6-7,21-22H2,1-5H3/b33-19+/t36-/m0/s1. The Hall–Kier alpha value is -5.40. The van der Waals surface area contributed by atoms with Gasteiger partial charge >= 0.3 is 11.9 Å². The molecule has 5 aromatic rings. The van der Waals surface area contributed by atoms with E-state index in [1.54, 1.807) is 51.3 Å². The molecule has 274 valence electrons. The summed E-state index contributed by atoms with van der Waals surface area (Å²) in [6.07, 6.45) is 1.75. The first kappa shape index (κ1) is 37.4. The van der Waals surface area contributed by atoms with Gasteiger partial charge in [0.2, 0.25) is 0 Å². The van der Waals surface area contributed by atoms with E-state index in [2.05, 4.69) is 39.1 Å². The zero-order chi connectivity index (χ0) is 37.6. The minimum atomic E-state index is -0.896. The molecule has 0 amide bonds. The largest absolute Gasteiger partial charge is 0.493 e. The fourth-order valence-corrected chi connectivity index (χ4v) is 7.69. The number of carbonyl (C=O) groups excluding carboxylic acids is 2.